The minimum Gasteiger partial charge on any atom is -0.492 e. The maximum Gasteiger partial charge on any atom is 0.256 e. The van der Waals surface area contributed by atoms with Crippen LogP contribution in [0.4, 0.5) is 5.69 Å². The summed E-state index contributed by atoms with van der Waals surface area (Å²) in [7, 11) is 0. The number of hydrogen-bond donors (Lipinski definition) is 1. The molecule has 2 aliphatic rings. The molecule has 1 amide bonds. The molecule has 1 aromatic rings. The van der Waals surface area contributed by atoms with E-state index in [0.29, 0.717) is 13.2 Å². The molecule has 5 nitrogen and oxygen atoms in total. The molecule has 1 aromatic carbocycles. The lowest BCUT2D eigenvalue weighted by atomic mass is 9.92. The van der Waals surface area contributed by atoms with Gasteiger partial charge in [0.1, 0.15) is 18.0 Å². The summed E-state index contributed by atoms with van der Waals surface area (Å²) in [5, 5.41) is 3.03. The van der Waals surface area contributed by atoms with Crippen LogP contribution in [0.25, 0.3) is 0 Å². The Morgan fingerprint density at radius 2 is 1.79 bits per heavy atom. The first-order chi connectivity index (χ1) is 13.5. The van der Waals surface area contributed by atoms with Crippen LogP contribution in [0.1, 0.15) is 52.9 Å². The summed E-state index contributed by atoms with van der Waals surface area (Å²) in [5.74, 6) is 2.36. The molecule has 28 heavy (non-hydrogen) atoms. The number of piperidine rings is 1. The molecule has 0 spiro atoms. The van der Waals surface area contributed by atoms with Crippen LogP contribution in [0.15, 0.2) is 24.3 Å². The zero-order valence-corrected chi connectivity index (χ0v) is 17.7. The van der Waals surface area contributed by atoms with E-state index in [0.717, 1.165) is 55.5 Å². The minimum absolute atomic E-state index is 0.0196. The first-order valence-corrected chi connectivity index (χ1v) is 10.9. The molecular weight excluding hydrogens is 352 g/mol. The van der Waals surface area contributed by atoms with E-state index in [2.05, 4.69) is 24.1 Å². The molecule has 1 aliphatic heterocycles. The van der Waals surface area contributed by atoms with Crippen LogP contribution in [-0.4, -0.2) is 49.3 Å². The number of nitrogens with one attached hydrogen (secondary N) is 1. The number of amides is 1. The molecule has 0 radical (unpaired) electrons. The Morgan fingerprint density at radius 1 is 1.14 bits per heavy atom. The summed E-state index contributed by atoms with van der Waals surface area (Å²) < 4.78 is 11.8. The largest absolute Gasteiger partial charge is 0.492 e. The molecule has 1 aliphatic carbocycles. The number of hydrogen-bond acceptors (Lipinski definition) is 4. The topological polar surface area (TPSA) is 50.8 Å². The fourth-order valence-corrected chi connectivity index (χ4v) is 4.81. The Kier molecular flexibility index (Phi) is 7.36. The number of ether oxygens (including phenoxy) is 2. The third kappa shape index (κ3) is 5.48. The standard InChI is InChI=1S/C23H36N2O3/c1-4-28-23(11-5-6-12-23)22(26)24-20-7-9-21(10-8-20)27-14-13-25-16-18(2)15-19(3)17-25/h7-10,18-19H,4-6,11-17H2,1-3H3,(H,24,26)/t18-,19-/m0/s1. The predicted molar refractivity (Wildman–Crippen MR) is 113 cm³/mol. The lowest BCUT2D eigenvalue weighted by Gasteiger charge is -2.34. The maximum absolute atomic E-state index is 12.7. The van der Waals surface area contributed by atoms with E-state index in [1.807, 2.05) is 31.2 Å². The van der Waals surface area contributed by atoms with Gasteiger partial charge in [-0.3, -0.25) is 9.69 Å². The first-order valence-electron chi connectivity index (χ1n) is 10.9. The highest BCUT2D eigenvalue weighted by atomic mass is 16.5. The number of benzene rings is 1. The molecule has 1 saturated heterocycles. The number of rotatable bonds is 8. The fraction of sp³-hybridized carbons (Fsp3) is 0.696. The second kappa shape index (κ2) is 9.75. The SMILES string of the molecule is CCOC1(C(=O)Nc2ccc(OCCN3C[C@@H](C)C[C@H](C)C3)cc2)CCCC1. The number of carbonyl (C=O) groups excluding carboxylic acids is 1. The van der Waals surface area contributed by atoms with Crippen molar-refractivity contribution >= 4 is 11.6 Å². The van der Waals surface area contributed by atoms with Gasteiger partial charge in [-0.25, -0.2) is 0 Å². The van der Waals surface area contributed by atoms with Gasteiger partial charge < -0.3 is 14.8 Å². The van der Waals surface area contributed by atoms with Gasteiger partial charge in [0.25, 0.3) is 5.91 Å². The average molecular weight is 389 g/mol. The Labute approximate surface area is 169 Å². The molecule has 3 rings (SSSR count). The van der Waals surface area contributed by atoms with Gasteiger partial charge in [0.15, 0.2) is 0 Å². The number of anilines is 1. The van der Waals surface area contributed by atoms with Gasteiger partial charge in [-0.05, 0) is 75.1 Å². The summed E-state index contributed by atoms with van der Waals surface area (Å²) in [6, 6.07) is 7.68. The third-order valence-electron chi connectivity index (χ3n) is 5.98. The first kappa shape index (κ1) is 21.1. The van der Waals surface area contributed by atoms with Crippen molar-refractivity contribution in [1.82, 2.24) is 4.90 Å². The highest BCUT2D eigenvalue weighted by Gasteiger charge is 2.41. The van der Waals surface area contributed by atoms with Crippen molar-refractivity contribution in [3.05, 3.63) is 24.3 Å². The van der Waals surface area contributed by atoms with E-state index in [9.17, 15) is 4.79 Å². The Hall–Kier alpha value is -1.59. The normalized spacial score (nSPS) is 24.8. The highest BCUT2D eigenvalue weighted by Crippen LogP contribution is 2.34. The number of carbonyl (C=O) groups is 1. The van der Waals surface area contributed by atoms with Crippen molar-refractivity contribution in [2.24, 2.45) is 11.8 Å². The minimum atomic E-state index is -0.646. The highest BCUT2D eigenvalue weighted by molar-refractivity contribution is 5.97. The number of likely N-dealkylation sites (tertiary alicyclic amines) is 1. The van der Waals surface area contributed by atoms with Crippen molar-refractivity contribution in [1.29, 1.82) is 0 Å². The smallest absolute Gasteiger partial charge is 0.256 e. The molecule has 156 valence electrons. The van der Waals surface area contributed by atoms with Crippen LogP contribution < -0.4 is 10.1 Å². The molecule has 0 unspecified atom stereocenters. The van der Waals surface area contributed by atoms with E-state index in [1.165, 1.54) is 19.5 Å². The van der Waals surface area contributed by atoms with Gasteiger partial charge in [-0.1, -0.05) is 13.8 Å². The monoisotopic (exact) mass is 388 g/mol. The van der Waals surface area contributed by atoms with Crippen LogP contribution in [0.2, 0.25) is 0 Å². The molecule has 5 heteroatoms. The summed E-state index contributed by atoms with van der Waals surface area (Å²) in [6.07, 6.45) is 5.04. The van der Waals surface area contributed by atoms with Crippen LogP contribution in [0, 0.1) is 11.8 Å². The second-order valence-electron chi connectivity index (χ2n) is 8.67. The maximum atomic E-state index is 12.7. The van der Waals surface area contributed by atoms with Gasteiger partial charge in [0.2, 0.25) is 0 Å². The fourth-order valence-electron chi connectivity index (χ4n) is 4.81. The van der Waals surface area contributed by atoms with Crippen LogP contribution in [0.5, 0.6) is 5.75 Å². The lowest BCUT2D eigenvalue weighted by molar-refractivity contribution is -0.140. The molecule has 1 saturated carbocycles. The predicted octanol–water partition coefficient (Wildman–Crippen LogP) is 4.33. The summed E-state index contributed by atoms with van der Waals surface area (Å²) in [6.45, 7) is 11.2. The van der Waals surface area contributed by atoms with Crippen molar-refractivity contribution in [2.75, 3.05) is 38.2 Å². The molecule has 2 atom stereocenters. The van der Waals surface area contributed by atoms with Gasteiger partial charge in [-0.2, -0.15) is 0 Å². The summed E-state index contributed by atoms with van der Waals surface area (Å²) >= 11 is 0. The molecule has 0 bridgehead atoms. The average Bonchev–Trinajstić information content (AvgIpc) is 3.13. The Bertz CT molecular complexity index is 615. The van der Waals surface area contributed by atoms with E-state index >= 15 is 0 Å². The van der Waals surface area contributed by atoms with Crippen molar-refractivity contribution < 1.29 is 14.3 Å². The molecule has 1 N–H and O–H groups in total. The molecular formula is C23H36N2O3. The van der Waals surface area contributed by atoms with Crippen LogP contribution in [0.3, 0.4) is 0 Å². The van der Waals surface area contributed by atoms with Gasteiger partial charge in [-0.15, -0.1) is 0 Å². The lowest BCUT2D eigenvalue weighted by Crippen LogP contribution is -2.43. The quantitative estimate of drug-likeness (QED) is 0.720. The van der Waals surface area contributed by atoms with Crippen LogP contribution in [-0.2, 0) is 9.53 Å². The van der Waals surface area contributed by atoms with E-state index in [4.69, 9.17) is 9.47 Å². The zero-order chi connectivity index (χ0) is 20.0. The van der Waals surface area contributed by atoms with Gasteiger partial charge in [0, 0.05) is 31.9 Å². The Morgan fingerprint density at radius 3 is 2.39 bits per heavy atom. The summed E-state index contributed by atoms with van der Waals surface area (Å²) in [5.41, 5.74) is 0.147. The molecule has 1 heterocycles. The third-order valence-corrected chi connectivity index (χ3v) is 5.98. The van der Waals surface area contributed by atoms with Crippen molar-refractivity contribution in [3.63, 3.8) is 0 Å². The number of nitrogens with zero attached hydrogens (tertiary/aromatic N) is 1. The molecule has 0 aromatic heterocycles. The van der Waals surface area contributed by atoms with E-state index < -0.39 is 5.60 Å². The van der Waals surface area contributed by atoms with E-state index in [1.54, 1.807) is 0 Å². The summed E-state index contributed by atoms with van der Waals surface area (Å²) in [4.78, 5) is 15.2. The van der Waals surface area contributed by atoms with Crippen molar-refractivity contribution in [3.8, 4) is 5.75 Å². The van der Waals surface area contributed by atoms with Crippen molar-refractivity contribution in [2.45, 2.75) is 58.5 Å². The van der Waals surface area contributed by atoms with Crippen LogP contribution >= 0.6 is 0 Å². The second-order valence-corrected chi connectivity index (χ2v) is 8.67. The van der Waals surface area contributed by atoms with E-state index in [-0.39, 0.29) is 5.91 Å². The van der Waals surface area contributed by atoms with Gasteiger partial charge >= 0.3 is 0 Å². The zero-order valence-electron chi connectivity index (χ0n) is 17.7. The molecule has 2 fully saturated rings. The van der Waals surface area contributed by atoms with Gasteiger partial charge in [0.05, 0.1) is 0 Å². The Balaban J connectivity index is 1.46.